The van der Waals surface area contributed by atoms with Gasteiger partial charge in [0.25, 0.3) is 5.91 Å². The molecule has 112 valence electrons. The second-order valence-corrected chi connectivity index (χ2v) is 7.73. The van der Waals surface area contributed by atoms with Crippen LogP contribution in [0, 0.1) is 0 Å². The maximum Gasteiger partial charge on any atom is 0.265 e. The molecule has 0 saturated heterocycles. The Morgan fingerprint density at radius 1 is 1.55 bits per heavy atom. The van der Waals surface area contributed by atoms with Gasteiger partial charge in [0.15, 0.2) is 5.13 Å². The zero-order valence-corrected chi connectivity index (χ0v) is 13.8. The molecule has 0 radical (unpaired) electrons. The third-order valence-corrected chi connectivity index (χ3v) is 5.96. The number of nitrogen functional groups attached to an aromatic ring is 1. The van der Waals surface area contributed by atoms with Crippen LogP contribution in [0.1, 0.15) is 42.8 Å². The highest BCUT2D eigenvalue weighted by molar-refractivity contribution is 8.00. The summed E-state index contributed by atoms with van der Waals surface area (Å²) >= 11 is 3.16. The largest absolute Gasteiger partial charge is 0.382 e. The number of hydrogen-bond acceptors (Lipinski definition) is 6. The van der Waals surface area contributed by atoms with Crippen molar-refractivity contribution in [3.8, 4) is 0 Å². The minimum absolute atomic E-state index is 0.114. The van der Waals surface area contributed by atoms with Crippen LogP contribution in [0.15, 0.2) is 0 Å². The van der Waals surface area contributed by atoms with Crippen molar-refractivity contribution in [2.75, 3.05) is 23.9 Å². The van der Waals surface area contributed by atoms with Crippen LogP contribution < -0.4 is 16.4 Å². The molecule has 1 fully saturated rings. The average molecular weight is 314 g/mol. The highest BCUT2D eigenvalue weighted by Crippen LogP contribution is 2.42. The molecule has 0 unspecified atom stereocenters. The molecule has 7 heteroatoms. The highest BCUT2D eigenvalue weighted by atomic mass is 32.2. The lowest BCUT2D eigenvalue weighted by Gasteiger charge is -2.40. The zero-order valence-electron chi connectivity index (χ0n) is 12.2. The molecule has 0 aromatic carbocycles. The molecule has 1 aliphatic carbocycles. The van der Waals surface area contributed by atoms with Crippen LogP contribution in [-0.2, 0) is 0 Å². The van der Waals surface area contributed by atoms with E-state index in [0.29, 0.717) is 22.4 Å². The van der Waals surface area contributed by atoms with Gasteiger partial charge in [-0.3, -0.25) is 4.79 Å². The Kier molecular flexibility index (Phi) is 4.80. The molecule has 5 nitrogen and oxygen atoms in total. The summed E-state index contributed by atoms with van der Waals surface area (Å²) in [7, 11) is 0. The first kappa shape index (κ1) is 15.4. The van der Waals surface area contributed by atoms with E-state index in [1.54, 1.807) is 0 Å². The van der Waals surface area contributed by atoms with Crippen molar-refractivity contribution in [3.63, 3.8) is 0 Å². The Labute approximate surface area is 128 Å². The first-order valence-electron chi connectivity index (χ1n) is 6.82. The van der Waals surface area contributed by atoms with E-state index >= 15 is 0 Å². The Bertz CT molecular complexity index is 477. The van der Waals surface area contributed by atoms with Gasteiger partial charge in [-0.1, -0.05) is 17.8 Å². The van der Waals surface area contributed by atoms with Crippen LogP contribution in [-0.4, -0.2) is 34.5 Å². The van der Waals surface area contributed by atoms with Gasteiger partial charge < -0.3 is 16.4 Å². The number of rotatable bonds is 6. The molecule has 1 saturated carbocycles. The first-order chi connectivity index (χ1) is 9.46. The standard InChI is InChI=1S/C13H22N4OS2/c1-8(2)16-12-17-10(14)9(20-12)11(18)15-7-13(19-3)5-4-6-13/h8H,4-7,14H2,1-3H3,(H,15,18)(H,16,17). The molecule has 0 aliphatic heterocycles. The third kappa shape index (κ3) is 3.38. The fraction of sp³-hybridized carbons (Fsp3) is 0.692. The average Bonchev–Trinajstić information content (AvgIpc) is 2.68. The van der Waals surface area contributed by atoms with Crippen molar-refractivity contribution in [2.24, 2.45) is 0 Å². The molecule has 2 rings (SSSR count). The first-order valence-corrected chi connectivity index (χ1v) is 8.86. The molecule has 0 bridgehead atoms. The molecule has 20 heavy (non-hydrogen) atoms. The number of aromatic nitrogens is 1. The van der Waals surface area contributed by atoms with Gasteiger partial charge in [0, 0.05) is 17.3 Å². The number of thioether (sulfide) groups is 1. The molecular formula is C13H22N4OS2. The van der Waals surface area contributed by atoms with Gasteiger partial charge >= 0.3 is 0 Å². The summed E-state index contributed by atoms with van der Waals surface area (Å²) in [6, 6.07) is 0.270. The number of nitrogens with zero attached hydrogens (tertiary/aromatic N) is 1. The number of thiazole rings is 1. The number of carbonyl (C=O) groups excluding carboxylic acids is 1. The highest BCUT2D eigenvalue weighted by Gasteiger charge is 2.36. The second kappa shape index (κ2) is 6.22. The lowest BCUT2D eigenvalue weighted by Crippen LogP contribution is -2.45. The maximum absolute atomic E-state index is 12.2. The van der Waals surface area contributed by atoms with E-state index in [4.69, 9.17) is 5.73 Å². The Morgan fingerprint density at radius 2 is 2.25 bits per heavy atom. The van der Waals surface area contributed by atoms with E-state index in [1.807, 2.05) is 25.6 Å². The number of nitrogens with two attached hydrogens (primary N) is 1. The minimum Gasteiger partial charge on any atom is -0.382 e. The van der Waals surface area contributed by atoms with Gasteiger partial charge in [0.2, 0.25) is 0 Å². The van der Waals surface area contributed by atoms with E-state index in [2.05, 4.69) is 21.9 Å². The van der Waals surface area contributed by atoms with Crippen LogP contribution in [0.4, 0.5) is 10.9 Å². The molecule has 1 amide bonds. The quantitative estimate of drug-likeness (QED) is 0.752. The van der Waals surface area contributed by atoms with Crippen LogP contribution in [0.5, 0.6) is 0 Å². The van der Waals surface area contributed by atoms with Crippen LogP contribution in [0.2, 0.25) is 0 Å². The van der Waals surface area contributed by atoms with Crippen LogP contribution >= 0.6 is 23.1 Å². The number of amides is 1. The molecule has 1 heterocycles. The topological polar surface area (TPSA) is 80.0 Å². The van der Waals surface area contributed by atoms with Crippen LogP contribution in [0.3, 0.4) is 0 Å². The molecule has 4 N–H and O–H groups in total. The van der Waals surface area contributed by atoms with Crippen LogP contribution in [0.25, 0.3) is 0 Å². The normalized spacial score (nSPS) is 16.8. The summed E-state index contributed by atoms with van der Waals surface area (Å²) in [6.45, 7) is 4.75. The molecule has 0 atom stereocenters. The predicted octanol–water partition coefficient (Wildman–Crippen LogP) is 2.56. The van der Waals surface area contributed by atoms with Gasteiger partial charge in [0.1, 0.15) is 10.7 Å². The summed E-state index contributed by atoms with van der Waals surface area (Å²) in [6.07, 6.45) is 5.71. The molecule has 0 spiro atoms. The van der Waals surface area contributed by atoms with Crippen molar-refractivity contribution < 1.29 is 4.79 Å². The minimum atomic E-state index is -0.114. The fourth-order valence-electron chi connectivity index (χ4n) is 2.15. The summed E-state index contributed by atoms with van der Waals surface area (Å²) < 4.78 is 0.230. The van der Waals surface area contributed by atoms with Gasteiger partial charge in [-0.05, 0) is 32.9 Å². The molecule has 1 aromatic rings. The van der Waals surface area contributed by atoms with E-state index in [-0.39, 0.29) is 16.7 Å². The Balaban J connectivity index is 1.96. The number of nitrogens with one attached hydrogen (secondary N) is 2. The monoisotopic (exact) mass is 314 g/mol. The second-order valence-electron chi connectivity index (χ2n) is 5.46. The smallest absolute Gasteiger partial charge is 0.265 e. The lowest BCUT2D eigenvalue weighted by molar-refractivity contribution is 0.0948. The van der Waals surface area contributed by atoms with Gasteiger partial charge in [-0.2, -0.15) is 11.8 Å². The molecular weight excluding hydrogens is 292 g/mol. The van der Waals surface area contributed by atoms with Crippen molar-refractivity contribution in [2.45, 2.75) is 43.9 Å². The summed E-state index contributed by atoms with van der Waals surface area (Å²) in [5, 5.41) is 6.87. The lowest BCUT2D eigenvalue weighted by atomic mass is 9.84. The molecule has 1 aromatic heterocycles. The Morgan fingerprint density at radius 3 is 2.75 bits per heavy atom. The van der Waals surface area contributed by atoms with Crippen molar-refractivity contribution in [1.82, 2.24) is 10.3 Å². The van der Waals surface area contributed by atoms with E-state index in [1.165, 1.54) is 30.6 Å². The van der Waals surface area contributed by atoms with Crippen molar-refractivity contribution >= 4 is 40.0 Å². The SMILES string of the molecule is CSC1(CNC(=O)c2sc(NC(C)C)nc2N)CCC1. The molecule has 1 aliphatic rings. The number of hydrogen-bond donors (Lipinski definition) is 3. The maximum atomic E-state index is 12.2. The zero-order chi connectivity index (χ0) is 14.8. The predicted molar refractivity (Wildman–Crippen MR) is 87.7 cm³/mol. The van der Waals surface area contributed by atoms with E-state index < -0.39 is 0 Å². The van der Waals surface area contributed by atoms with Crippen molar-refractivity contribution in [3.05, 3.63) is 4.88 Å². The van der Waals surface area contributed by atoms with Crippen molar-refractivity contribution in [1.29, 1.82) is 0 Å². The van der Waals surface area contributed by atoms with Gasteiger partial charge in [-0.25, -0.2) is 4.98 Å². The van der Waals surface area contributed by atoms with E-state index in [0.717, 1.165) is 0 Å². The van der Waals surface area contributed by atoms with Gasteiger partial charge in [0.05, 0.1) is 0 Å². The number of anilines is 2. The Hall–Kier alpha value is -0.950. The third-order valence-electron chi connectivity index (χ3n) is 3.54. The van der Waals surface area contributed by atoms with Gasteiger partial charge in [-0.15, -0.1) is 0 Å². The summed E-state index contributed by atoms with van der Waals surface area (Å²) in [4.78, 5) is 16.9. The summed E-state index contributed by atoms with van der Waals surface area (Å²) in [5.41, 5.74) is 5.83. The summed E-state index contributed by atoms with van der Waals surface area (Å²) in [5.74, 6) is 0.194. The van der Waals surface area contributed by atoms with E-state index in [9.17, 15) is 4.79 Å². The fourth-order valence-corrected chi connectivity index (χ4v) is 4.01. The number of carbonyl (C=O) groups is 1.